The van der Waals surface area contributed by atoms with Crippen LogP contribution in [0.3, 0.4) is 0 Å². The Hall–Kier alpha value is -1.68. The van der Waals surface area contributed by atoms with Crippen molar-refractivity contribution in [3.8, 4) is 0 Å². The highest BCUT2D eigenvalue weighted by Gasteiger charge is 2.14. The van der Waals surface area contributed by atoms with E-state index in [4.69, 9.17) is 4.42 Å². The summed E-state index contributed by atoms with van der Waals surface area (Å²) in [5, 5.41) is 3.37. The minimum Gasteiger partial charge on any atom is -0.464 e. The smallest absolute Gasteiger partial charge is 0.141 e. The molecule has 0 fully saturated rings. The summed E-state index contributed by atoms with van der Waals surface area (Å²) < 4.78 is 30.1. The highest BCUT2D eigenvalue weighted by molar-refractivity contribution is 5.82. The summed E-state index contributed by atoms with van der Waals surface area (Å²) in [6, 6.07) is 6.61. The zero-order chi connectivity index (χ0) is 12.3. The number of alkyl halides is 2. The molecule has 0 radical (unpaired) electrons. The quantitative estimate of drug-likeness (QED) is 0.807. The Morgan fingerprint density at radius 1 is 1.35 bits per heavy atom. The first-order chi connectivity index (χ1) is 8.26. The van der Waals surface area contributed by atoms with Gasteiger partial charge in [0, 0.05) is 5.39 Å². The molecule has 0 saturated carbocycles. The van der Waals surface area contributed by atoms with Crippen LogP contribution in [-0.4, -0.2) is 19.5 Å². The fourth-order valence-electron chi connectivity index (χ4n) is 1.72. The van der Waals surface area contributed by atoms with Gasteiger partial charge >= 0.3 is 0 Å². The van der Waals surface area contributed by atoms with Gasteiger partial charge in [-0.1, -0.05) is 18.7 Å². The molecule has 2 aromatic rings. The zero-order valence-electron chi connectivity index (χ0n) is 9.25. The van der Waals surface area contributed by atoms with Gasteiger partial charge in [-0.25, -0.2) is 8.78 Å². The van der Waals surface area contributed by atoms with Gasteiger partial charge in [0.25, 0.3) is 0 Å². The fourth-order valence-corrected chi connectivity index (χ4v) is 1.72. The first kappa shape index (κ1) is 11.8. The van der Waals surface area contributed by atoms with Gasteiger partial charge in [0.2, 0.25) is 0 Å². The molecule has 4 heteroatoms. The van der Waals surface area contributed by atoms with Crippen molar-refractivity contribution in [2.45, 2.75) is 6.04 Å². The largest absolute Gasteiger partial charge is 0.464 e. The summed E-state index contributed by atoms with van der Waals surface area (Å²) in [5.74, 6) is 0. The lowest BCUT2D eigenvalue weighted by atomic mass is 10.0. The molecule has 1 atom stereocenters. The van der Waals surface area contributed by atoms with E-state index in [1.807, 2.05) is 18.2 Å². The summed E-state index contributed by atoms with van der Waals surface area (Å²) in [4.78, 5) is 0. The van der Waals surface area contributed by atoms with E-state index in [1.165, 1.54) is 0 Å². The van der Waals surface area contributed by atoms with Crippen LogP contribution in [0.1, 0.15) is 5.56 Å². The lowest BCUT2D eigenvalue weighted by Crippen LogP contribution is -2.31. The SMILES string of the molecule is C=C(c1ccc2ccoc2c1)C(CF)NCF. The molecule has 1 N–H and O–H groups in total. The molecule has 1 aromatic carbocycles. The van der Waals surface area contributed by atoms with Crippen LogP contribution >= 0.6 is 0 Å². The molecule has 1 aromatic heterocycles. The van der Waals surface area contributed by atoms with Gasteiger partial charge < -0.3 is 4.42 Å². The number of benzene rings is 1. The molecular weight excluding hydrogens is 224 g/mol. The predicted octanol–water partition coefficient (Wildman–Crippen LogP) is 3.30. The Morgan fingerprint density at radius 2 is 2.18 bits per heavy atom. The molecule has 0 amide bonds. The summed E-state index contributed by atoms with van der Waals surface area (Å²) in [6.07, 6.45) is 1.59. The number of fused-ring (bicyclic) bond motifs is 1. The molecule has 1 unspecified atom stereocenters. The van der Waals surface area contributed by atoms with E-state index in [-0.39, 0.29) is 0 Å². The van der Waals surface area contributed by atoms with Gasteiger partial charge in [0.1, 0.15) is 19.1 Å². The van der Waals surface area contributed by atoms with Crippen molar-refractivity contribution < 1.29 is 13.2 Å². The number of nitrogens with one attached hydrogen (secondary N) is 1. The van der Waals surface area contributed by atoms with Crippen molar-refractivity contribution in [3.05, 3.63) is 42.7 Å². The summed E-state index contributed by atoms with van der Waals surface area (Å²) in [7, 11) is 0. The average Bonchev–Trinajstić information content (AvgIpc) is 2.82. The Balaban J connectivity index is 2.28. The van der Waals surface area contributed by atoms with Crippen molar-refractivity contribution in [3.63, 3.8) is 0 Å². The van der Waals surface area contributed by atoms with Crippen LogP contribution in [0, 0.1) is 0 Å². The average molecular weight is 237 g/mol. The molecule has 0 aliphatic heterocycles. The second-order valence-corrected chi connectivity index (χ2v) is 3.74. The van der Waals surface area contributed by atoms with Gasteiger partial charge in [-0.3, -0.25) is 5.32 Å². The summed E-state index contributed by atoms with van der Waals surface area (Å²) in [6.45, 7) is 2.32. The molecule has 0 aliphatic carbocycles. The highest BCUT2D eigenvalue weighted by atomic mass is 19.1. The molecule has 17 heavy (non-hydrogen) atoms. The Kier molecular flexibility index (Phi) is 3.54. The molecule has 90 valence electrons. The van der Waals surface area contributed by atoms with Crippen molar-refractivity contribution in [1.82, 2.24) is 5.32 Å². The third kappa shape index (κ3) is 2.36. The van der Waals surface area contributed by atoms with E-state index in [9.17, 15) is 8.78 Å². The molecular formula is C13H13F2NO. The molecule has 2 nitrogen and oxygen atoms in total. The van der Waals surface area contributed by atoms with E-state index in [0.29, 0.717) is 11.2 Å². The van der Waals surface area contributed by atoms with Gasteiger partial charge in [-0.05, 0) is 23.3 Å². The third-order valence-corrected chi connectivity index (χ3v) is 2.73. The van der Waals surface area contributed by atoms with Gasteiger partial charge in [0.05, 0.1) is 12.3 Å². The summed E-state index contributed by atoms with van der Waals surface area (Å²) in [5.41, 5.74) is 1.97. The Labute approximate surface area is 97.9 Å². The molecule has 0 saturated heterocycles. The molecule has 0 spiro atoms. The second-order valence-electron chi connectivity index (χ2n) is 3.74. The van der Waals surface area contributed by atoms with Crippen molar-refractivity contribution in [2.24, 2.45) is 0 Å². The van der Waals surface area contributed by atoms with Crippen LogP contribution in [0.4, 0.5) is 8.78 Å². The van der Waals surface area contributed by atoms with Crippen molar-refractivity contribution in [1.29, 1.82) is 0 Å². The molecule has 2 rings (SSSR count). The molecule has 0 aliphatic rings. The molecule has 0 bridgehead atoms. The minimum atomic E-state index is -0.781. The van der Waals surface area contributed by atoms with Crippen LogP contribution in [0.5, 0.6) is 0 Å². The fraction of sp³-hybridized carbons (Fsp3) is 0.231. The van der Waals surface area contributed by atoms with Crippen LogP contribution in [0.25, 0.3) is 16.5 Å². The van der Waals surface area contributed by atoms with E-state index < -0.39 is 19.5 Å². The second kappa shape index (κ2) is 5.10. The van der Waals surface area contributed by atoms with E-state index in [0.717, 1.165) is 10.9 Å². The zero-order valence-corrected chi connectivity index (χ0v) is 9.25. The standard InChI is InChI=1S/C13H13F2NO/c1-9(12(7-14)16-8-15)11-3-2-10-4-5-17-13(10)6-11/h2-6,12,16H,1,7-8H2. The highest BCUT2D eigenvalue weighted by Crippen LogP contribution is 2.23. The number of furan rings is 1. The normalized spacial score (nSPS) is 12.8. The van der Waals surface area contributed by atoms with Gasteiger partial charge in [0.15, 0.2) is 0 Å². The van der Waals surface area contributed by atoms with Crippen molar-refractivity contribution in [2.75, 3.05) is 13.5 Å². The Bertz CT molecular complexity index is 521. The van der Waals surface area contributed by atoms with E-state index in [2.05, 4.69) is 11.9 Å². The van der Waals surface area contributed by atoms with E-state index >= 15 is 0 Å². The predicted molar refractivity (Wildman–Crippen MR) is 64.1 cm³/mol. The van der Waals surface area contributed by atoms with Gasteiger partial charge in [-0.15, -0.1) is 0 Å². The number of halogens is 2. The lowest BCUT2D eigenvalue weighted by molar-refractivity contribution is 0.358. The first-order valence-electron chi connectivity index (χ1n) is 5.28. The maximum Gasteiger partial charge on any atom is 0.141 e. The lowest BCUT2D eigenvalue weighted by Gasteiger charge is -2.16. The maximum absolute atomic E-state index is 12.7. The van der Waals surface area contributed by atoms with Crippen molar-refractivity contribution >= 4 is 16.5 Å². The number of hydrogen-bond donors (Lipinski definition) is 1. The third-order valence-electron chi connectivity index (χ3n) is 2.73. The topological polar surface area (TPSA) is 25.2 Å². The van der Waals surface area contributed by atoms with Crippen LogP contribution in [-0.2, 0) is 0 Å². The van der Waals surface area contributed by atoms with Crippen LogP contribution in [0.15, 0.2) is 41.5 Å². The van der Waals surface area contributed by atoms with Crippen LogP contribution < -0.4 is 5.32 Å². The molecule has 1 heterocycles. The maximum atomic E-state index is 12.7. The minimum absolute atomic E-state index is 0.517. The van der Waals surface area contributed by atoms with Crippen LogP contribution in [0.2, 0.25) is 0 Å². The Morgan fingerprint density at radius 3 is 2.88 bits per heavy atom. The number of hydrogen-bond acceptors (Lipinski definition) is 2. The van der Waals surface area contributed by atoms with E-state index in [1.54, 1.807) is 12.3 Å². The summed E-state index contributed by atoms with van der Waals surface area (Å²) >= 11 is 0. The monoisotopic (exact) mass is 237 g/mol. The first-order valence-corrected chi connectivity index (χ1v) is 5.28. The number of rotatable bonds is 5. The van der Waals surface area contributed by atoms with Gasteiger partial charge in [-0.2, -0.15) is 0 Å².